The molecule has 1 aromatic heterocycles. The third-order valence-electron chi connectivity index (χ3n) is 3.61. The standard InChI is InChI=1S/C19H22N2O2/c1-2-3-4-5-6-16-13-20-19(21-14-16)17-10-7-15(8-11-17)9-12-18(22)23/h7-14H,2-6H2,1H3,(H,22,23). The van der Waals surface area contributed by atoms with Crippen molar-refractivity contribution in [3.05, 3.63) is 53.9 Å². The number of unbranched alkanes of at least 4 members (excludes halogenated alkanes) is 3. The number of aryl methyl sites for hydroxylation is 1. The maximum absolute atomic E-state index is 10.5. The van der Waals surface area contributed by atoms with Gasteiger partial charge in [-0.3, -0.25) is 0 Å². The Labute approximate surface area is 136 Å². The highest BCUT2D eigenvalue weighted by atomic mass is 16.4. The molecule has 1 aromatic carbocycles. The van der Waals surface area contributed by atoms with Crippen LogP contribution in [0.15, 0.2) is 42.7 Å². The van der Waals surface area contributed by atoms with Crippen molar-refractivity contribution in [3.8, 4) is 11.4 Å². The Morgan fingerprint density at radius 2 is 1.78 bits per heavy atom. The minimum Gasteiger partial charge on any atom is -0.478 e. The van der Waals surface area contributed by atoms with E-state index < -0.39 is 5.97 Å². The van der Waals surface area contributed by atoms with Gasteiger partial charge in [0.1, 0.15) is 0 Å². The quantitative estimate of drug-likeness (QED) is 0.581. The van der Waals surface area contributed by atoms with Crippen molar-refractivity contribution >= 4 is 12.0 Å². The lowest BCUT2D eigenvalue weighted by Gasteiger charge is -2.03. The lowest BCUT2D eigenvalue weighted by molar-refractivity contribution is -0.131. The fourth-order valence-electron chi connectivity index (χ4n) is 2.30. The molecular weight excluding hydrogens is 288 g/mol. The summed E-state index contributed by atoms with van der Waals surface area (Å²) in [6.45, 7) is 2.21. The second-order valence-corrected chi connectivity index (χ2v) is 5.52. The Kier molecular flexibility index (Phi) is 6.48. The van der Waals surface area contributed by atoms with E-state index in [1.165, 1.54) is 31.2 Å². The maximum atomic E-state index is 10.5. The molecule has 0 spiro atoms. The van der Waals surface area contributed by atoms with Crippen molar-refractivity contribution in [1.29, 1.82) is 0 Å². The van der Waals surface area contributed by atoms with Gasteiger partial charge in [0.15, 0.2) is 5.82 Å². The summed E-state index contributed by atoms with van der Waals surface area (Å²) in [7, 11) is 0. The van der Waals surface area contributed by atoms with Gasteiger partial charge in [-0.2, -0.15) is 0 Å². The van der Waals surface area contributed by atoms with Gasteiger partial charge in [-0.1, -0.05) is 50.5 Å². The number of aromatic nitrogens is 2. The van der Waals surface area contributed by atoms with Gasteiger partial charge in [0, 0.05) is 24.0 Å². The van der Waals surface area contributed by atoms with Crippen LogP contribution in [0.1, 0.15) is 43.7 Å². The normalized spacial score (nSPS) is 11.0. The summed E-state index contributed by atoms with van der Waals surface area (Å²) < 4.78 is 0. The Morgan fingerprint density at radius 1 is 1.09 bits per heavy atom. The lowest BCUT2D eigenvalue weighted by Crippen LogP contribution is -1.93. The van der Waals surface area contributed by atoms with Crippen LogP contribution in [0.4, 0.5) is 0 Å². The summed E-state index contributed by atoms with van der Waals surface area (Å²) in [6, 6.07) is 7.52. The topological polar surface area (TPSA) is 63.1 Å². The number of carbonyl (C=O) groups is 1. The zero-order chi connectivity index (χ0) is 16.5. The lowest BCUT2D eigenvalue weighted by atomic mass is 10.1. The van der Waals surface area contributed by atoms with Gasteiger partial charge in [0.05, 0.1) is 0 Å². The van der Waals surface area contributed by atoms with Crippen molar-refractivity contribution in [2.45, 2.75) is 39.0 Å². The molecule has 0 radical (unpaired) electrons. The SMILES string of the molecule is CCCCCCc1cnc(-c2ccc(C=CC(=O)O)cc2)nc1. The van der Waals surface area contributed by atoms with E-state index in [-0.39, 0.29) is 0 Å². The van der Waals surface area contributed by atoms with Gasteiger partial charge >= 0.3 is 5.97 Å². The van der Waals surface area contributed by atoms with Crippen LogP contribution in [0.25, 0.3) is 17.5 Å². The Hall–Kier alpha value is -2.49. The fourth-order valence-corrected chi connectivity index (χ4v) is 2.30. The number of benzene rings is 1. The molecule has 1 heterocycles. The zero-order valence-electron chi connectivity index (χ0n) is 13.4. The molecule has 120 valence electrons. The van der Waals surface area contributed by atoms with Crippen molar-refractivity contribution in [3.63, 3.8) is 0 Å². The molecule has 0 bridgehead atoms. The van der Waals surface area contributed by atoms with E-state index in [1.54, 1.807) is 6.08 Å². The summed E-state index contributed by atoms with van der Waals surface area (Å²) in [5.41, 5.74) is 2.93. The van der Waals surface area contributed by atoms with Crippen LogP contribution in [0, 0.1) is 0 Å². The molecule has 0 unspecified atom stereocenters. The average molecular weight is 310 g/mol. The smallest absolute Gasteiger partial charge is 0.328 e. The Bertz CT molecular complexity index is 646. The molecule has 23 heavy (non-hydrogen) atoms. The number of hydrogen-bond donors (Lipinski definition) is 1. The van der Waals surface area contributed by atoms with Crippen molar-refractivity contribution in [2.75, 3.05) is 0 Å². The molecular formula is C19H22N2O2. The zero-order valence-corrected chi connectivity index (χ0v) is 13.4. The fraction of sp³-hybridized carbons (Fsp3) is 0.316. The van der Waals surface area contributed by atoms with Gasteiger partial charge in [-0.05, 0) is 30.0 Å². The molecule has 1 N–H and O–H groups in total. The highest BCUT2D eigenvalue weighted by molar-refractivity contribution is 5.85. The highest BCUT2D eigenvalue weighted by Gasteiger charge is 2.02. The van der Waals surface area contributed by atoms with Crippen molar-refractivity contribution < 1.29 is 9.90 Å². The van der Waals surface area contributed by atoms with Crippen LogP contribution in [-0.4, -0.2) is 21.0 Å². The largest absolute Gasteiger partial charge is 0.478 e. The number of nitrogens with zero attached hydrogens (tertiary/aromatic N) is 2. The van der Waals surface area contributed by atoms with E-state index in [2.05, 4.69) is 16.9 Å². The molecule has 0 saturated carbocycles. The third-order valence-corrected chi connectivity index (χ3v) is 3.61. The van der Waals surface area contributed by atoms with Crippen LogP contribution in [0.3, 0.4) is 0 Å². The van der Waals surface area contributed by atoms with Crippen LogP contribution in [0.5, 0.6) is 0 Å². The maximum Gasteiger partial charge on any atom is 0.328 e. The predicted molar refractivity (Wildman–Crippen MR) is 92.0 cm³/mol. The van der Waals surface area contributed by atoms with E-state index in [0.29, 0.717) is 5.82 Å². The van der Waals surface area contributed by atoms with E-state index >= 15 is 0 Å². The molecule has 4 nitrogen and oxygen atoms in total. The first-order valence-electron chi connectivity index (χ1n) is 8.01. The number of aliphatic carboxylic acids is 1. The summed E-state index contributed by atoms with van der Waals surface area (Å²) >= 11 is 0. The van der Waals surface area contributed by atoms with Crippen LogP contribution in [0.2, 0.25) is 0 Å². The summed E-state index contributed by atoms with van der Waals surface area (Å²) in [4.78, 5) is 19.4. The van der Waals surface area contributed by atoms with Gasteiger partial charge in [0.25, 0.3) is 0 Å². The molecule has 0 aliphatic carbocycles. The van der Waals surface area contributed by atoms with Gasteiger partial charge in [-0.15, -0.1) is 0 Å². The minimum atomic E-state index is -0.952. The molecule has 0 saturated heterocycles. The number of rotatable bonds is 8. The van der Waals surface area contributed by atoms with E-state index in [4.69, 9.17) is 5.11 Å². The van der Waals surface area contributed by atoms with Gasteiger partial charge in [-0.25, -0.2) is 14.8 Å². The minimum absolute atomic E-state index is 0.691. The molecule has 0 fully saturated rings. The van der Waals surface area contributed by atoms with Crippen LogP contribution in [-0.2, 0) is 11.2 Å². The predicted octanol–water partition coefficient (Wildman–Crippen LogP) is 4.36. The monoisotopic (exact) mass is 310 g/mol. The summed E-state index contributed by atoms with van der Waals surface area (Å²) in [6.07, 6.45) is 12.5. The van der Waals surface area contributed by atoms with Crippen molar-refractivity contribution in [2.24, 2.45) is 0 Å². The molecule has 4 heteroatoms. The molecule has 0 aliphatic rings. The first-order chi connectivity index (χ1) is 11.2. The number of hydrogen-bond acceptors (Lipinski definition) is 3. The molecule has 2 aromatic rings. The molecule has 0 atom stereocenters. The Balaban J connectivity index is 1.97. The summed E-state index contributed by atoms with van der Waals surface area (Å²) in [5, 5.41) is 8.62. The number of carboxylic acid groups (broad SMARTS) is 1. The van der Waals surface area contributed by atoms with E-state index in [1.807, 2.05) is 36.7 Å². The van der Waals surface area contributed by atoms with Gasteiger partial charge < -0.3 is 5.11 Å². The average Bonchev–Trinajstić information content (AvgIpc) is 2.58. The second-order valence-electron chi connectivity index (χ2n) is 5.52. The van der Waals surface area contributed by atoms with Crippen LogP contribution < -0.4 is 0 Å². The molecule has 0 aliphatic heterocycles. The second kappa shape index (κ2) is 8.83. The first-order valence-corrected chi connectivity index (χ1v) is 8.01. The molecule has 2 rings (SSSR count). The van der Waals surface area contributed by atoms with E-state index in [9.17, 15) is 4.79 Å². The summed E-state index contributed by atoms with van der Waals surface area (Å²) in [5.74, 6) is -0.261. The Morgan fingerprint density at radius 3 is 2.39 bits per heavy atom. The van der Waals surface area contributed by atoms with Crippen molar-refractivity contribution in [1.82, 2.24) is 9.97 Å². The highest BCUT2D eigenvalue weighted by Crippen LogP contribution is 2.16. The first kappa shape index (κ1) is 16.9. The third kappa shape index (κ3) is 5.66. The van der Waals surface area contributed by atoms with Gasteiger partial charge in [0.2, 0.25) is 0 Å². The van der Waals surface area contributed by atoms with Crippen LogP contribution >= 0.6 is 0 Å². The van der Waals surface area contributed by atoms with E-state index in [0.717, 1.165) is 23.6 Å². The molecule has 0 amide bonds. The number of carboxylic acids is 1.